The van der Waals surface area contributed by atoms with Gasteiger partial charge in [0.05, 0.1) is 6.61 Å². The molecule has 1 aromatic carbocycles. The van der Waals surface area contributed by atoms with Crippen molar-refractivity contribution in [2.75, 3.05) is 13.2 Å². The van der Waals surface area contributed by atoms with Crippen molar-refractivity contribution in [3.05, 3.63) is 34.1 Å². The largest absolute Gasteiger partial charge is 0.381 e. The van der Waals surface area contributed by atoms with Gasteiger partial charge in [-0.25, -0.2) is 4.39 Å². The summed E-state index contributed by atoms with van der Waals surface area (Å²) in [6, 6.07) is 4.96. The van der Waals surface area contributed by atoms with Crippen LogP contribution in [0.4, 0.5) is 4.39 Å². The fourth-order valence-electron chi connectivity index (χ4n) is 2.06. The van der Waals surface area contributed by atoms with Crippen LogP contribution in [0, 0.1) is 11.7 Å². The van der Waals surface area contributed by atoms with Gasteiger partial charge in [0.15, 0.2) is 0 Å². The molecule has 2 N–H and O–H groups in total. The highest BCUT2D eigenvalue weighted by molar-refractivity contribution is 9.10. The van der Waals surface area contributed by atoms with Crippen molar-refractivity contribution in [1.82, 2.24) is 0 Å². The van der Waals surface area contributed by atoms with Crippen LogP contribution in [-0.2, 0) is 11.2 Å². The van der Waals surface area contributed by atoms with Gasteiger partial charge < -0.3 is 10.5 Å². The van der Waals surface area contributed by atoms with Crippen LogP contribution >= 0.6 is 15.9 Å². The first-order chi connectivity index (χ1) is 7.65. The van der Waals surface area contributed by atoms with Crippen LogP contribution in [-0.4, -0.2) is 19.3 Å². The van der Waals surface area contributed by atoms with E-state index in [1.165, 1.54) is 6.07 Å². The maximum atomic E-state index is 13.2. The van der Waals surface area contributed by atoms with E-state index in [2.05, 4.69) is 15.9 Å². The first-order valence-corrected chi connectivity index (χ1v) is 6.23. The standard InChI is InChI=1S/C12H15BrFNO/c13-10-3-8(4-11(14)6-10)5-12(15)9-1-2-16-7-9/h3-4,6,9,12H,1-2,5,7,15H2. The number of halogens is 2. The SMILES string of the molecule is NC(Cc1cc(F)cc(Br)c1)C1CCOC1. The van der Waals surface area contributed by atoms with Crippen molar-refractivity contribution in [1.29, 1.82) is 0 Å². The summed E-state index contributed by atoms with van der Waals surface area (Å²) in [6.07, 6.45) is 1.71. The molecule has 88 valence electrons. The molecule has 0 aromatic heterocycles. The van der Waals surface area contributed by atoms with Crippen LogP contribution in [0.2, 0.25) is 0 Å². The first kappa shape index (κ1) is 12.0. The van der Waals surface area contributed by atoms with E-state index in [-0.39, 0.29) is 11.9 Å². The summed E-state index contributed by atoms with van der Waals surface area (Å²) in [6.45, 7) is 1.53. The molecule has 0 radical (unpaired) electrons. The lowest BCUT2D eigenvalue weighted by molar-refractivity contribution is 0.180. The minimum atomic E-state index is -0.223. The topological polar surface area (TPSA) is 35.2 Å². The van der Waals surface area contributed by atoms with Crippen molar-refractivity contribution < 1.29 is 9.13 Å². The molecule has 1 aromatic rings. The second-order valence-corrected chi connectivity index (χ2v) is 5.19. The van der Waals surface area contributed by atoms with Gasteiger partial charge >= 0.3 is 0 Å². The van der Waals surface area contributed by atoms with E-state index in [0.717, 1.165) is 29.7 Å². The summed E-state index contributed by atoms with van der Waals surface area (Å²) in [5.74, 6) is 0.182. The maximum absolute atomic E-state index is 13.2. The van der Waals surface area contributed by atoms with Crippen LogP contribution < -0.4 is 5.73 Å². The predicted octanol–water partition coefficient (Wildman–Crippen LogP) is 2.49. The number of benzene rings is 1. The third-order valence-electron chi connectivity index (χ3n) is 2.96. The van der Waals surface area contributed by atoms with E-state index in [1.807, 2.05) is 6.07 Å². The summed E-state index contributed by atoms with van der Waals surface area (Å²) < 4.78 is 19.2. The number of nitrogens with two attached hydrogens (primary N) is 1. The number of hydrogen-bond acceptors (Lipinski definition) is 2. The Labute approximate surface area is 103 Å². The normalized spacial score (nSPS) is 22.3. The molecular weight excluding hydrogens is 273 g/mol. The molecule has 1 fully saturated rings. The molecule has 0 aliphatic carbocycles. The van der Waals surface area contributed by atoms with Crippen molar-refractivity contribution in [2.24, 2.45) is 11.7 Å². The summed E-state index contributed by atoms with van der Waals surface area (Å²) in [4.78, 5) is 0. The highest BCUT2D eigenvalue weighted by atomic mass is 79.9. The van der Waals surface area contributed by atoms with Crippen LogP contribution in [0.5, 0.6) is 0 Å². The Morgan fingerprint density at radius 1 is 1.50 bits per heavy atom. The monoisotopic (exact) mass is 287 g/mol. The van der Waals surface area contributed by atoms with E-state index in [1.54, 1.807) is 6.07 Å². The second-order valence-electron chi connectivity index (χ2n) is 4.27. The molecule has 2 nitrogen and oxygen atoms in total. The lowest BCUT2D eigenvalue weighted by Crippen LogP contribution is -2.32. The fourth-order valence-corrected chi connectivity index (χ4v) is 2.57. The Kier molecular flexibility index (Phi) is 3.95. The Hall–Kier alpha value is -0.450. The minimum absolute atomic E-state index is 0.0520. The number of ether oxygens (including phenoxy) is 1. The highest BCUT2D eigenvalue weighted by Gasteiger charge is 2.22. The van der Waals surface area contributed by atoms with Crippen LogP contribution in [0.1, 0.15) is 12.0 Å². The van der Waals surface area contributed by atoms with Crippen molar-refractivity contribution in [3.63, 3.8) is 0 Å². The average molecular weight is 288 g/mol. The first-order valence-electron chi connectivity index (χ1n) is 5.43. The molecule has 1 saturated heterocycles. The molecule has 0 saturated carbocycles. The summed E-state index contributed by atoms with van der Waals surface area (Å²) >= 11 is 3.28. The van der Waals surface area contributed by atoms with Gasteiger partial charge in [-0.05, 0) is 42.5 Å². The third-order valence-corrected chi connectivity index (χ3v) is 3.42. The van der Waals surface area contributed by atoms with Gasteiger partial charge in [-0.1, -0.05) is 15.9 Å². The van der Waals surface area contributed by atoms with Crippen LogP contribution in [0.3, 0.4) is 0 Å². The van der Waals surface area contributed by atoms with Crippen LogP contribution in [0.15, 0.2) is 22.7 Å². The zero-order valence-electron chi connectivity index (χ0n) is 8.96. The van der Waals surface area contributed by atoms with Gasteiger partial charge in [0.25, 0.3) is 0 Å². The molecule has 1 aliphatic rings. The van der Waals surface area contributed by atoms with Gasteiger partial charge in [-0.15, -0.1) is 0 Å². The van der Waals surface area contributed by atoms with Crippen molar-refractivity contribution in [2.45, 2.75) is 18.9 Å². The Morgan fingerprint density at radius 2 is 2.31 bits per heavy atom. The molecule has 16 heavy (non-hydrogen) atoms. The Balaban J connectivity index is 2.02. The lowest BCUT2D eigenvalue weighted by Gasteiger charge is -2.17. The molecule has 2 unspecified atom stereocenters. The summed E-state index contributed by atoms with van der Waals surface area (Å²) in [5, 5.41) is 0. The van der Waals surface area contributed by atoms with E-state index in [0.29, 0.717) is 12.3 Å². The zero-order valence-corrected chi connectivity index (χ0v) is 10.5. The maximum Gasteiger partial charge on any atom is 0.124 e. The zero-order chi connectivity index (χ0) is 11.5. The smallest absolute Gasteiger partial charge is 0.124 e. The molecular formula is C12H15BrFNO. The molecule has 1 aliphatic heterocycles. The van der Waals surface area contributed by atoms with E-state index >= 15 is 0 Å². The van der Waals surface area contributed by atoms with Crippen LogP contribution in [0.25, 0.3) is 0 Å². The van der Waals surface area contributed by atoms with Crippen molar-refractivity contribution >= 4 is 15.9 Å². The van der Waals surface area contributed by atoms with Gasteiger partial charge in [-0.3, -0.25) is 0 Å². The third kappa shape index (κ3) is 3.03. The summed E-state index contributed by atoms with van der Waals surface area (Å²) in [5.41, 5.74) is 7.03. The van der Waals surface area contributed by atoms with E-state index in [4.69, 9.17) is 10.5 Å². The average Bonchev–Trinajstić information content (AvgIpc) is 2.68. The molecule has 2 atom stereocenters. The summed E-state index contributed by atoms with van der Waals surface area (Å²) in [7, 11) is 0. The second kappa shape index (κ2) is 5.25. The fraction of sp³-hybridized carbons (Fsp3) is 0.500. The van der Waals surface area contributed by atoms with E-state index < -0.39 is 0 Å². The van der Waals surface area contributed by atoms with E-state index in [9.17, 15) is 4.39 Å². The highest BCUT2D eigenvalue weighted by Crippen LogP contribution is 2.21. The molecule has 0 bridgehead atoms. The lowest BCUT2D eigenvalue weighted by atomic mass is 9.94. The minimum Gasteiger partial charge on any atom is -0.381 e. The Bertz CT molecular complexity index is 346. The molecule has 2 rings (SSSR count). The number of rotatable bonds is 3. The Morgan fingerprint density at radius 3 is 2.94 bits per heavy atom. The predicted molar refractivity (Wildman–Crippen MR) is 64.7 cm³/mol. The molecule has 0 amide bonds. The van der Waals surface area contributed by atoms with Gasteiger partial charge in [-0.2, -0.15) is 0 Å². The quantitative estimate of drug-likeness (QED) is 0.927. The van der Waals surface area contributed by atoms with Gasteiger partial charge in [0.2, 0.25) is 0 Å². The van der Waals surface area contributed by atoms with Crippen molar-refractivity contribution in [3.8, 4) is 0 Å². The van der Waals surface area contributed by atoms with Gasteiger partial charge in [0.1, 0.15) is 5.82 Å². The van der Waals surface area contributed by atoms with Gasteiger partial charge in [0, 0.05) is 17.1 Å². The number of hydrogen-bond donors (Lipinski definition) is 1. The molecule has 0 spiro atoms. The molecule has 1 heterocycles. The molecule has 4 heteroatoms.